The largest absolute Gasteiger partial charge is 0.336 e. The summed E-state index contributed by atoms with van der Waals surface area (Å²) in [4.78, 5) is 27.1. The monoisotopic (exact) mass is 349 g/mol. The summed E-state index contributed by atoms with van der Waals surface area (Å²) >= 11 is 0. The van der Waals surface area contributed by atoms with Crippen LogP contribution >= 0.6 is 0 Å². The van der Waals surface area contributed by atoms with Gasteiger partial charge in [0, 0.05) is 29.6 Å². The maximum Gasteiger partial charge on any atom is 0.274 e. The minimum Gasteiger partial charge on any atom is -0.336 e. The summed E-state index contributed by atoms with van der Waals surface area (Å²) in [7, 11) is 0. The fourth-order valence-corrected chi connectivity index (χ4v) is 4.60. The van der Waals surface area contributed by atoms with Crippen LogP contribution in [0.5, 0.6) is 0 Å². The number of H-pyrrole nitrogens is 2. The number of amides is 1. The summed E-state index contributed by atoms with van der Waals surface area (Å²) < 4.78 is 0. The molecule has 0 bridgehead atoms. The number of carbonyl (C=O) groups excluding carboxylic acids is 1. The van der Waals surface area contributed by atoms with E-state index >= 15 is 0 Å². The van der Waals surface area contributed by atoms with Crippen LogP contribution in [-0.2, 0) is 11.8 Å². The molecule has 1 amide bonds. The first-order valence-corrected chi connectivity index (χ1v) is 8.97. The van der Waals surface area contributed by atoms with Crippen LogP contribution in [0.15, 0.2) is 35.3 Å². The first-order chi connectivity index (χ1) is 12.7. The number of nitrogens with one attached hydrogen (secondary N) is 2. The summed E-state index contributed by atoms with van der Waals surface area (Å²) in [6.45, 7) is 1.37. The first-order valence-electron chi connectivity index (χ1n) is 8.97. The average molecular weight is 349 g/mol. The van der Waals surface area contributed by atoms with E-state index in [2.05, 4.69) is 20.4 Å². The second-order valence-corrected chi connectivity index (χ2v) is 7.33. The van der Waals surface area contributed by atoms with Crippen molar-refractivity contribution in [3.8, 4) is 0 Å². The van der Waals surface area contributed by atoms with Gasteiger partial charge in [0.2, 0.25) is 0 Å². The predicted octanol–water partition coefficient (Wildman–Crippen LogP) is 1.77. The Balaban J connectivity index is 1.52. The Morgan fingerprint density at radius 3 is 2.88 bits per heavy atom. The van der Waals surface area contributed by atoms with Crippen LogP contribution in [0, 0.1) is 0 Å². The van der Waals surface area contributed by atoms with Gasteiger partial charge >= 0.3 is 0 Å². The number of nitrogens with zero attached hydrogens (tertiary/aromatic N) is 3. The molecule has 7 heteroatoms. The maximum absolute atomic E-state index is 13.2. The zero-order chi connectivity index (χ0) is 17.7. The molecule has 1 spiro atoms. The van der Waals surface area contributed by atoms with Crippen LogP contribution in [0.3, 0.4) is 0 Å². The molecule has 132 valence electrons. The van der Waals surface area contributed by atoms with Crippen LogP contribution < -0.4 is 5.56 Å². The van der Waals surface area contributed by atoms with Gasteiger partial charge in [0.1, 0.15) is 0 Å². The fourth-order valence-electron chi connectivity index (χ4n) is 4.60. The van der Waals surface area contributed by atoms with Gasteiger partial charge in [0.15, 0.2) is 5.69 Å². The Kier molecular flexibility index (Phi) is 3.25. The van der Waals surface area contributed by atoms with Gasteiger partial charge in [-0.05, 0) is 37.3 Å². The summed E-state index contributed by atoms with van der Waals surface area (Å²) in [5, 5.41) is 15.0. The Hall–Kier alpha value is -2.96. The van der Waals surface area contributed by atoms with Gasteiger partial charge < -0.3 is 4.90 Å². The summed E-state index contributed by atoms with van der Waals surface area (Å²) in [5.41, 5.74) is 2.48. The highest BCUT2D eigenvalue weighted by molar-refractivity contribution is 6.04. The molecule has 7 nitrogen and oxygen atoms in total. The van der Waals surface area contributed by atoms with Crippen molar-refractivity contribution >= 4 is 16.7 Å². The molecule has 5 rings (SSSR count). The fraction of sp³-hybridized carbons (Fsp3) is 0.368. The number of hydrogen-bond donors (Lipinski definition) is 2. The number of benzene rings is 1. The number of likely N-dealkylation sites (tertiary alicyclic amines) is 1. The van der Waals surface area contributed by atoms with Crippen LogP contribution in [0.4, 0.5) is 0 Å². The molecule has 1 aromatic carbocycles. The quantitative estimate of drug-likeness (QED) is 0.700. The van der Waals surface area contributed by atoms with E-state index in [-0.39, 0.29) is 16.9 Å². The summed E-state index contributed by atoms with van der Waals surface area (Å²) in [5.74, 6) is -0.121. The number of rotatable bonds is 1. The van der Waals surface area contributed by atoms with Crippen LogP contribution in [0.2, 0.25) is 0 Å². The molecule has 26 heavy (non-hydrogen) atoms. The van der Waals surface area contributed by atoms with E-state index in [1.807, 2.05) is 17.2 Å². The van der Waals surface area contributed by atoms with E-state index in [1.165, 1.54) is 11.3 Å². The lowest BCUT2D eigenvalue weighted by Gasteiger charge is -2.40. The van der Waals surface area contributed by atoms with Gasteiger partial charge in [-0.3, -0.25) is 14.7 Å². The Morgan fingerprint density at radius 1 is 1.15 bits per heavy atom. The molecular formula is C19H19N5O2. The topological polar surface area (TPSA) is 94.7 Å². The van der Waals surface area contributed by atoms with Crippen molar-refractivity contribution in [1.82, 2.24) is 25.3 Å². The van der Waals surface area contributed by atoms with Crippen molar-refractivity contribution in [2.75, 3.05) is 13.1 Å². The molecule has 2 N–H and O–H groups in total. The second kappa shape index (κ2) is 5.52. The lowest BCUT2D eigenvalue weighted by Crippen LogP contribution is -2.48. The predicted molar refractivity (Wildman–Crippen MR) is 96.1 cm³/mol. The molecule has 1 atom stereocenters. The van der Waals surface area contributed by atoms with Gasteiger partial charge in [-0.1, -0.05) is 18.2 Å². The van der Waals surface area contributed by atoms with Crippen molar-refractivity contribution in [2.24, 2.45) is 0 Å². The first kappa shape index (κ1) is 15.3. The third-order valence-corrected chi connectivity index (χ3v) is 5.88. The minimum atomic E-state index is -0.273. The third kappa shape index (κ3) is 2.13. The molecule has 1 aliphatic heterocycles. The smallest absolute Gasteiger partial charge is 0.274 e. The Morgan fingerprint density at radius 2 is 2.00 bits per heavy atom. The van der Waals surface area contributed by atoms with Crippen molar-refractivity contribution in [3.05, 3.63) is 57.8 Å². The molecule has 3 aromatic rings. The van der Waals surface area contributed by atoms with Gasteiger partial charge in [-0.2, -0.15) is 10.2 Å². The lowest BCUT2D eigenvalue weighted by atomic mass is 9.77. The molecule has 0 radical (unpaired) electrons. The number of aromatic amines is 2. The molecule has 2 aliphatic rings. The number of aromatic nitrogens is 4. The van der Waals surface area contributed by atoms with Gasteiger partial charge in [0.05, 0.1) is 11.6 Å². The molecule has 1 aliphatic carbocycles. The normalized spacial score (nSPS) is 22.1. The third-order valence-electron chi connectivity index (χ3n) is 5.88. The summed E-state index contributed by atoms with van der Waals surface area (Å²) in [6, 6.07) is 7.12. The maximum atomic E-state index is 13.2. The van der Waals surface area contributed by atoms with Crippen molar-refractivity contribution in [1.29, 1.82) is 0 Å². The molecule has 1 unspecified atom stereocenters. The van der Waals surface area contributed by atoms with Gasteiger partial charge in [-0.15, -0.1) is 0 Å². The molecular weight excluding hydrogens is 330 g/mol. The Labute approximate surface area is 149 Å². The number of piperidine rings is 1. The number of hydrogen-bond acceptors (Lipinski definition) is 4. The number of fused-ring (bicyclic) bond motifs is 3. The highest BCUT2D eigenvalue weighted by atomic mass is 16.2. The zero-order valence-electron chi connectivity index (χ0n) is 14.3. The van der Waals surface area contributed by atoms with Crippen molar-refractivity contribution in [3.63, 3.8) is 0 Å². The van der Waals surface area contributed by atoms with Crippen LogP contribution in [0.25, 0.3) is 10.8 Å². The minimum absolute atomic E-state index is 0.0300. The molecule has 1 fully saturated rings. The summed E-state index contributed by atoms with van der Waals surface area (Å²) in [6.07, 6.45) is 5.97. The second-order valence-electron chi connectivity index (χ2n) is 7.33. The van der Waals surface area contributed by atoms with Crippen molar-refractivity contribution in [2.45, 2.75) is 31.1 Å². The van der Waals surface area contributed by atoms with E-state index in [9.17, 15) is 9.59 Å². The van der Waals surface area contributed by atoms with Crippen LogP contribution in [-0.4, -0.2) is 44.3 Å². The SMILES string of the molecule is O=C(c1n[nH]c(=O)c2ccccc12)N1CCCC2(CCc3cn[nH]c32)C1. The standard InChI is InChI=1S/C19H19N5O2/c25-17-14-5-2-1-4-13(14)15(21-23-17)18(26)24-9-3-7-19(11-24)8-6-12-10-20-22-16(12)19/h1-2,4-5,10H,3,6-9,11H2,(H,20,22)(H,23,25). The Bertz CT molecular complexity index is 1070. The zero-order valence-corrected chi connectivity index (χ0v) is 14.3. The van der Waals surface area contributed by atoms with E-state index in [0.29, 0.717) is 29.6 Å². The van der Waals surface area contributed by atoms with E-state index in [0.717, 1.165) is 25.7 Å². The molecule has 1 saturated heterocycles. The van der Waals surface area contributed by atoms with Gasteiger partial charge in [-0.25, -0.2) is 5.10 Å². The van der Waals surface area contributed by atoms with E-state index < -0.39 is 0 Å². The van der Waals surface area contributed by atoms with Crippen molar-refractivity contribution < 1.29 is 4.79 Å². The highest BCUT2D eigenvalue weighted by Crippen LogP contribution is 2.44. The highest BCUT2D eigenvalue weighted by Gasteiger charge is 2.44. The van der Waals surface area contributed by atoms with Gasteiger partial charge in [0.25, 0.3) is 11.5 Å². The van der Waals surface area contributed by atoms with Crippen LogP contribution in [0.1, 0.15) is 41.0 Å². The number of carbonyl (C=O) groups is 1. The average Bonchev–Trinajstić information content (AvgIpc) is 3.27. The van der Waals surface area contributed by atoms with E-state index in [4.69, 9.17) is 0 Å². The lowest BCUT2D eigenvalue weighted by molar-refractivity contribution is 0.0628. The molecule has 0 saturated carbocycles. The number of aryl methyl sites for hydroxylation is 1. The molecule has 3 heterocycles. The van der Waals surface area contributed by atoms with E-state index in [1.54, 1.807) is 18.2 Å². The molecule has 2 aromatic heterocycles.